The van der Waals surface area contributed by atoms with Crippen LogP contribution in [-0.4, -0.2) is 32.8 Å². The second kappa shape index (κ2) is 9.65. The number of amides is 1. The van der Waals surface area contributed by atoms with Crippen LogP contribution in [0.15, 0.2) is 42.5 Å². The lowest BCUT2D eigenvalue weighted by Crippen LogP contribution is -2.39. The van der Waals surface area contributed by atoms with Crippen LogP contribution in [0.5, 0.6) is 17.2 Å². The molecule has 0 saturated heterocycles. The zero-order valence-electron chi connectivity index (χ0n) is 15.3. The van der Waals surface area contributed by atoms with E-state index in [9.17, 15) is 9.18 Å². The fourth-order valence-electron chi connectivity index (χ4n) is 2.50. The van der Waals surface area contributed by atoms with Gasteiger partial charge in [-0.05, 0) is 42.7 Å². The first-order chi connectivity index (χ1) is 12.6. The van der Waals surface area contributed by atoms with Gasteiger partial charge in [0.05, 0.1) is 14.2 Å². The first-order valence-corrected chi connectivity index (χ1v) is 8.48. The minimum Gasteiger partial charge on any atom is -0.493 e. The standard InChI is InChI=1S/C20H24FNO4/c1-4-16(26-17-8-6-5-7-15(17)21)20(23)22-12-11-14-9-10-18(24-2)19(13-14)25-3/h5-10,13,16H,4,11-12H2,1-3H3,(H,22,23)/t16-/m1/s1. The van der Waals surface area contributed by atoms with Gasteiger partial charge in [0, 0.05) is 6.54 Å². The van der Waals surface area contributed by atoms with Crippen LogP contribution in [0.2, 0.25) is 0 Å². The van der Waals surface area contributed by atoms with E-state index in [1.165, 1.54) is 12.1 Å². The van der Waals surface area contributed by atoms with Crippen LogP contribution in [0.3, 0.4) is 0 Å². The van der Waals surface area contributed by atoms with Gasteiger partial charge < -0.3 is 19.5 Å². The van der Waals surface area contributed by atoms with Gasteiger partial charge in [0.15, 0.2) is 29.2 Å². The Morgan fingerprint density at radius 2 is 1.81 bits per heavy atom. The summed E-state index contributed by atoms with van der Waals surface area (Å²) in [4.78, 5) is 12.3. The van der Waals surface area contributed by atoms with Gasteiger partial charge in [0.2, 0.25) is 0 Å². The summed E-state index contributed by atoms with van der Waals surface area (Å²) in [6.07, 6.45) is 0.330. The zero-order chi connectivity index (χ0) is 18.9. The number of ether oxygens (including phenoxy) is 3. The lowest BCUT2D eigenvalue weighted by molar-refractivity contribution is -0.128. The molecular formula is C20H24FNO4. The maximum absolute atomic E-state index is 13.7. The van der Waals surface area contributed by atoms with Crippen LogP contribution in [0, 0.1) is 5.82 Å². The van der Waals surface area contributed by atoms with Crippen molar-refractivity contribution in [1.29, 1.82) is 0 Å². The molecule has 0 bridgehead atoms. The van der Waals surface area contributed by atoms with Crippen molar-refractivity contribution in [3.05, 3.63) is 53.8 Å². The van der Waals surface area contributed by atoms with Crippen molar-refractivity contribution in [3.8, 4) is 17.2 Å². The normalized spacial score (nSPS) is 11.5. The molecule has 2 aromatic rings. The molecule has 1 atom stereocenters. The van der Waals surface area contributed by atoms with E-state index in [2.05, 4.69) is 5.32 Å². The number of carbonyl (C=O) groups is 1. The minimum absolute atomic E-state index is 0.0781. The summed E-state index contributed by atoms with van der Waals surface area (Å²) >= 11 is 0. The Morgan fingerprint density at radius 1 is 1.08 bits per heavy atom. The molecule has 0 fully saturated rings. The Morgan fingerprint density at radius 3 is 2.46 bits per heavy atom. The van der Waals surface area contributed by atoms with Gasteiger partial charge in [-0.3, -0.25) is 4.79 Å². The SMILES string of the molecule is CC[C@@H](Oc1ccccc1F)C(=O)NCCc1ccc(OC)c(OC)c1. The molecule has 2 rings (SSSR count). The third-order valence-electron chi connectivity index (χ3n) is 3.93. The molecule has 2 aromatic carbocycles. The molecule has 1 amide bonds. The van der Waals surface area contributed by atoms with Crippen molar-refractivity contribution in [2.75, 3.05) is 20.8 Å². The number of methoxy groups -OCH3 is 2. The van der Waals surface area contributed by atoms with Crippen LogP contribution in [0.25, 0.3) is 0 Å². The van der Waals surface area contributed by atoms with E-state index in [-0.39, 0.29) is 11.7 Å². The Hall–Kier alpha value is -2.76. The minimum atomic E-state index is -0.739. The number of rotatable bonds is 9. The van der Waals surface area contributed by atoms with E-state index in [4.69, 9.17) is 14.2 Å². The van der Waals surface area contributed by atoms with Gasteiger partial charge in [0.1, 0.15) is 0 Å². The van der Waals surface area contributed by atoms with Crippen LogP contribution in [0.1, 0.15) is 18.9 Å². The molecule has 0 saturated carbocycles. The molecule has 26 heavy (non-hydrogen) atoms. The molecule has 140 valence electrons. The highest BCUT2D eigenvalue weighted by Crippen LogP contribution is 2.27. The Bertz CT molecular complexity index is 736. The Kier molecular flexibility index (Phi) is 7.26. The van der Waals surface area contributed by atoms with E-state index < -0.39 is 11.9 Å². The fraction of sp³-hybridized carbons (Fsp3) is 0.350. The summed E-state index contributed by atoms with van der Waals surface area (Å²) in [7, 11) is 3.16. The average Bonchev–Trinajstić information content (AvgIpc) is 2.67. The van der Waals surface area contributed by atoms with Gasteiger partial charge in [-0.25, -0.2) is 4.39 Å². The molecule has 0 aliphatic carbocycles. The van der Waals surface area contributed by atoms with Crippen LogP contribution >= 0.6 is 0 Å². The molecular weight excluding hydrogens is 337 g/mol. The largest absolute Gasteiger partial charge is 0.493 e. The van der Waals surface area contributed by atoms with E-state index in [0.717, 1.165) is 5.56 Å². The zero-order valence-corrected chi connectivity index (χ0v) is 15.3. The summed E-state index contributed by atoms with van der Waals surface area (Å²) in [5, 5.41) is 2.83. The lowest BCUT2D eigenvalue weighted by atomic mass is 10.1. The number of nitrogens with one attached hydrogen (secondary N) is 1. The van der Waals surface area contributed by atoms with Crippen molar-refractivity contribution in [2.45, 2.75) is 25.9 Å². The molecule has 0 heterocycles. The topological polar surface area (TPSA) is 56.8 Å². The third kappa shape index (κ3) is 5.12. The summed E-state index contributed by atoms with van der Waals surface area (Å²) in [6, 6.07) is 11.7. The molecule has 0 spiro atoms. The van der Waals surface area contributed by atoms with Crippen LogP contribution in [0.4, 0.5) is 4.39 Å². The highest BCUT2D eigenvalue weighted by atomic mass is 19.1. The van der Waals surface area contributed by atoms with Crippen molar-refractivity contribution in [2.24, 2.45) is 0 Å². The fourth-order valence-corrected chi connectivity index (χ4v) is 2.50. The Labute approximate surface area is 153 Å². The van der Waals surface area contributed by atoms with Crippen LogP contribution in [-0.2, 0) is 11.2 Å². The average molecular weight is 361 g/mol. The molecule has 0 aliphatic rings. The number of halogens is 1. The highest BCUT2D eigenvalue weighted by molar-refractivity contribution is 5.81. The van der Waals surface area contributed by atoms with Crippen molar-refractivity contribution < 1.29 is 23.4 Å². The van der Waals surface area contributed by atoms with Crippen molar-refractivity contribution in [3.63, 3.8) is 0 Å². The second-order valence-corrected chi connectivity index (χ2v) is 5.68. The second-order valence-electron chi connectivity index (χ2n) is 5.68. The molecule has 0 radical (unpaired) electrons. The van der Waals surface area contributed by atoms with Crippen molar-refractivity contribution in [1.82, 2.24) is 5.32 Å². The monoisotopic (exact) mass is 361 g/mol. The number of benzene rings is 2. The summed E-state index contributed by atoms with van der Waals surface area (Å²) in [6.45, 7) is 2.25. The third-order valence-corrected chi connectivity index (χ3v) is 3.93. The van der Waals surface area contributed by atoms with Gasteiger partial charge in [-0.15, -0.1) is 0 Å². The van der Waals surface area contributed by atoms with Crippen LogP contribution < -0.4 is 19.5 Å². The van der Waals surface area contributed by atoms with Gasteiger partial charge in [0.25, 0.3) is 5.91 Å². The molecule has 6 heteroatoms. The van der Waals surface area contributed by atoms with Crippen molar-refractivity contribution >= 4 is 5.91 Å². The Balaban J connectivity index is 1.90. The smallest absolute Gasteiger partial charge is 0.261 e. The number of hydrogen-bond acceptors (Lipinski definition) is 4. The summed E-state index contributed by atoms with van der Waals surface area (Å²) in [5.74, 6) is 0.630. The predicted molar refractivity (Wildman–Crippen MR) is 97.4 cm³/mol. The first-order valence-electron chi connectivity index (χ1n) is 8.48. The number of hydrogen-bond donors (Lipinski definition) is 1. The summed E-state index contributed by atoms with van der Waals surface area (Å²) < 4.78 is 29.7. The van der Waals surface area contributed by atoms with Gasteiger partial charge >= 0.3 is 0 Å². The van der Waals surface area contributed by atoms with Gasteiger partial charge in [-0.2, -0.15) is 0 Å². The number of carbonyl (C=O) groups excluding carboxylic acids is 1. The van der Waals surface area contributed by atoms with E-state index in [0.29, 0.717) is 30.9 Å². The molecule has 0 aliphatic heterocycles. The molecule has 5 nitrogen and oxygen atoms in total. The molecule has 0 unspecified atom stereocenters. The molecule has 1 N–H and O–H groups in total. The molecule has 0 aromatic heterocycles. The van der Waals surface area contributed by atoms with E-state index >= 15 is 0 Å². The highest BCUT2D eigenvalue weighted by Gasteiger charge is 2.19. The maximum atomic E-state index is 13.7. The quantitative estimate of drug-likeness (QED) is 0.744. The maximum Gasteiger partial charge on any atom is 0.261 e. The predicted octanol–water partition coefficient (Wildman–Crippen LogP) is 3.36. The summed E-state index contributed by atoms with van der Waals surface area (Å²) in [5.41, 5.74) is 1.01. The van der Waals surface area contributed by atoms with E-state index in [1.54, 1.807) is 26.4 Å². The van der Waals surface area contributed by atoms with Gasteiger partial charge in [-0.1, -0.05) is 25.1 Å². The number of para-hydroxylation sites is 1. The lowest BCUT2D eigenvalue weighted by Gasteiger charge is -2.17. The van der Waals surface area contributed by atoms with E-state index in [1.807, 2.05) is 25.1 Å². The first kappa shape index (κ1) is 19.6.